The van der Waals surface area contributed by atoms with Crippen molar-refractivity contribution in [1.82, 2.24) is 15.1 Å². The summed E-state index contributed by atoms with van der Waals surface area (Å²) in [5.74, 6) is 0.777. The minimum Gasteiger partial charge on any atom is -0.354 e. The lowest BCUT2D eigenvalue weighted by molar-refractivity contribution is -0.128. The maximum Gasteiger partial charge on any atom is 0.254 e. The zero-order valence-corrected chi connectivity index (χ0v) is 23.6. The van der Waals surface area contributed by atoms with Crippen LogP contribution in [0.2, 0.25) is 0 Å². The van der Waals surface area contributed by atoms with E-state index in [1.54, 1.807) is 16.2 Å². The minimum atomic E-state index is -0.557. The summed E-state index contributed by atoms with van der Waals surface area (Å²) in [6.45, 7) is 8.05. The summed E-state index contributed by atoms with van der Waals surface area (Å²) in [6.07, 6.45) is 5.86. The molecule has 2 amide bonds. The van der Waals surface area contributed by atoms with Crippen LogP contribution in [0.4, 0.5) is 4.39 Å². The Hall–Kier alpha value is -2.29. The fourth-order valence-corrected chi connectivity index (χ4v) is 6.84. The third kappa shape index (κ3) is 7.64. The van der Waals surface area contributed by atoms with Gasteiger partial charge in [0.1, 0.15) is 11.9 Å². The molecule has 1 aliphatic carbocycles. The zero-order valence-electron chi connectivity index (χ0n) is 22.8. The molecule has 6 nitrogen and oxygen atoms in total. The van der Waals surface area contributed by atoms with Crippen LogP contribution in [0, 0.1) is 23.6 Å². The van der Waals surface area contributed by atoms with Crippen LogP contribution in [0.15, 0.2) is 41.8 Å². The van der Waals surface area contributed by atoms with Gasteiger partial charge in [-0.15, -0.1) is 11.3 Å². The zero-order chi connectivity index (χ0) is 27.1. The van der Waals surface area contributed by atoms with Crippen molar-refractivity contribution in [2.24, 2.45) is 23.5 Å². The van der Waals surface area contributed by atoms with Gasteiger partial charge in [0.15, 0.2) is 0 Å². The van der Waals surface area contributed by atoms with E-state index in [0.29, 0.717) is 49.4 Å². The highest BCUT2D eigenvalue weighted by molar-refractivity contribution is 7.09. The molecule has 3 N–H and O–H groups in total. The van der Waals surface area contributed by atoms with Gasteiger partial charge in [-0.3, -0.25) is 14.5 Å². The molecule has 0 spiro atoms. The molecule has 208 valence electrons. The molecule has 2 fully saturated rings. The Morgan fingerprint density at radius 3 is 2.58 bits per heavy atom. The van der Waals surface area contributed by atoms with Crippen LogP contribution in [0.5, 0.6) is 0 Å². The second-order valence-electron chi connectivity index (χ2n) is 11.5. The maximum atomic E-state index is 13.7. The number of likely N-dealkylation sites (tertiary alicyclic amines) is 1. The molecule has 1 aromatic carbocycles. The number of thiophene rings is 1. The van der Waals surface area contributed by atoms with E-state index >= 15 is 0 Å². The first-order valence-electron chi connectivity index (χ1n) is 14.1. The summed E-state index contributed by atoms with van der Waals surface area (Å²) < 4.78 is 13.5. The number of nitrogens with two attached hydrogens (primary N) is 1. The number of hydrogen-bond donors (Lipinski definition) is 2. The highest BCUT2D eigenvalue weighted by Crippen LogP contribution is 2.29. The number of carbonyl (C=O) groups is 2. The Kier molecular flexibility index (Phi) is 10.3. The Labute approximate surface area is 230 Å². The van der Waals surface area contributed by atoms with Crippen molar-refractivity contribution in [3.05, 3.63) is 58.0 Å². The average Bonchev–Trinajstić information content (AvgIpc) is 3.44. The van der Waals surface area contributed by atoms with Crippen molar-refractivity contribution in [3.63, 3.8) is 0 Å². The summed E-state index contributed by atoms with van der Waals surface area (Å²) in [5, 5.41) is 5.31. The van der Waals surface area contributed by atoms with Gasteiger partial charge in [-0.1, -0.05) is 26.3 Å². The van der Waals surface area contributed by atoms with E-state index in [9.17, 15) is 14.0 Å². The summed E-state index contributed by atoms with van der Waals surface area (Å²) in [4.78, 5) is 32.7. The van der Waals surface area contributed by atoms with Crippen molar-refractivity contribution in [3.8, 4) is 0 Å². The highest BCUT2D eigenvalue weighted by Gasteiger charge is 2.39. The number of halogens is 1. The van der Waals surface area contributed by atoms with E-state index < -0.39 is 6.04 Å². The van der Waals surface area contributed by atoms with Gasteiger partial charge < -0.3 is 16.0 Å². The van der Waals surface area contributed by atoms with Gasteiger partial charge >= 0.3 is 0 Å². The van der Waals surface area contributed by atoms with E-state index in [4.69, 9.17) is 5.73 Å². The fraction of sp³-hybridized carbons (Fsp3) is 0.600. The molecule has 2 heterocycles. The Morgan fingerprint density at radius 2 is 1.89 bits per heavy atom. The van der Waals surface area contributed by atoms with Crippen molar-refractivity contribution >= 4 is 23.2 Å². The van der Waals surface area contributed by atoms with Crippen LogP contribution < -0.4 is 11.1 Å². The van der Waals surface area contributed by atoms with Crippen molar-refractivity contribution in [1.29, 1.82) is 0 Å². The SMILES string of the molecule is CC(C)CN(Cc1cccs1)C1CCN(C(=O)c2ccc(F)cc2)[C@@H](C(=O)NCC2CCCC(CN)C2)C1. The lowest BCUT2D eigenvalue weighted by atomic mass is 9.81. The largest absolute Gasteiger partial charge is 0.354 e. The van der Waals surface area contributed by atoms with Gasteiger partial charge in [0, 0.05) is 42.7 Å². The van der Waals surface area contributed by atoms with E-state index in [1.807, 2.05) is 0 Å². The predicted molar refractivity (Wildman–Crippen MR) is 151 cm³/mol. The first-order chi connectivity index (χ1) is 18.3. The normalized spacial score (nSPS) is 24.1. The quantitative estimate of drug-likeness (QED) is 0.448. The summed E-state index contributed by atoms with van der Waals surface area (Å²) in [7, 11) is 0. The van der Waals surface area contributed by atoms with Crippen molar-refractivity contribution in [2.45, 2.75) is 71.0 Å². The first-order valence-corrected chi connectivity index (χ1v) is 15.0. The number of amides is 2. The van der Waals surface area contributed by atoms with Gasteiger partial charge in [-0.2, -0.15) is 0 Å². The molecule has 0 bridgehead atoms. The number of nitrogens with zero attached hydrogens (tertiary/aromatic N) is 2. The topological polar surface area (TPSA) is 78.7 Å². The van der Waals surface area contributed by atoms with Gasteiger partial charge in [-0.05, 0) is 92.1 Å². The lowest BCUT2D eigenvalue weighted by Gasteiger charge is -2.43. The van der Waals surface area contributed by atoms with Crippen LogP contribution in [0.25, 0.3) is 0 Å². The van der Waals surface area contributed by atoms with Crippen LogP contribution in [0.1, 0.15) is 67.6 Å². The van der Waals surface area contributed by atoms with Crippen molar-refractivity contribution in [2.75, 3.05) is 26.2 Å². The van der Waals surface area contributed by atoms with Gasteiger partial charge in [0.05, 0.1) is 0 Å². The molecule has 8 heteroatoms. The Balaban J connectivity index is 1.50. The number of rotatable bonds is 10. The van der Waals surface area contributed by atoms with E-state index in [0.717, 1.165) is 38.8 Å². The molecule has 2 aromatic rings. The molecule has 3 unspecified atom stereocenters. The number of piperidine rings is 1. The van der Waals surface area contributed by atoms with Crippen LogP contribution in [0.3, 0.4) is 0 Å². The summed E-state index contributed by atoms with van der Waals surface area (Å²) in [6, 6.07) is 9.50. The second kappa shape index (κ2) is 13.7. The van der Waals surface area contributed by atoms with E-state index in [-0.39, 0.29) is 23.7 Å². The molecule has 38 heavy (non-hydrogen) atoms. The maximum absolute atomic E-state index is 13.7. The Bertz CT molecular complexity index is 1030. The molecule has 4 atom stereocenters. The van der Waals surface area contributed by atoms with Crippen LogP contribution in [-0.2, 0) is 11.3 Å². The molecule has 1 saturated carbocycles. The molecule has 2 aliphatic rings. The summed E-state index contributed by atoms with van der Waals surface area (Å²) >= 11 is 1.75. The summed E-state index contributed by atoms with van der Waals surface area (Å²) in [5.41, 5.74) is 6.34. The van der Waals surface area contributed by atoms with Gasteiger partial charge in [0.2, 0.25) is 5.91 Å². The Morgan fingerprint density at radius 1 is 1.13 bits per heavy atom. The lowest BCUT2D eigenvalue weighted by Crippen LogP contribution is -2.58. The molecule has 1 saturated heterocycles. The van der Waals surface area contributed by atoms with Gasteiger partial charge in [-0.25, -0.2) is 4.39 Å². The minimum absolute atomic E-state index is 0.0827. The molecule has 1 aliphatic heterocycles. The molecular weight excluding hydrogens is 499 g/mol. The van der Waals surface area contributed by atoms with E-state index in [2.05, 4.69) is 41.6 Å². The first kappa shape index (κ1) is 28.7. The van der Waals surface area contributed by atoms with Gasteiger partial charge in [0.25, 0.3) is 5.91 Å². The molecule has 4 rings (SSSR count). The van der Waals surface area contributed by atoms with Crippen LogP contribution in [-0.4, -0.2) is 59.9 Å². The smallest absolute Gasteiger partial charge is 0.254 e. The van der Waals surface area contributed by atoms with E-state index in [1.165, 1.54) is 35.6 Å². The molecule has 0 radical (unpaired) electrons. The highest BCUT2D eigenvalue weighted by atomic mass is 32.1. The predicted octanol–water partition coefficient (Wildman–Crippen LogP) is 4.90. The average molecular weight is 543 g/mol. The number of benzene rings is 1. The second-order valence-corrected chi connectivity index (χ2v) is 12.5. The molecular formula is C30H43FN4O2S. The number of nitrogens with one attached hydrogen (secondary N) is 1. The standard InChI is InChI=1S/C30H43FN4O2S/c1-21(2)19-34(20-27-7-4-14-38-27)26-12-13-35(30(37)24-8-10-25(31)11-9-24)28(16-26)29(36)33-18-23-6-3-5-22(15-23)17-32/h4,7-11,14,21-23,26,28H,3,5-6,12-13,15-20,32H2,1-2H3,(H,33,36)/t22?,23?,26?,28-/m1/s1. The van der Waals surface area contributed by atoms with Crippen molar-refractivity contribution < 1.29 is 14.0 Å². The third-order valence-electron chi connectivity index (χ3n) is 8.07. The number of carbonyl (C=O) groups excluding carboxylic acids is 2. The molecule has 1 aromatic heterocycles. The fourth-order valence-electron chi connectivity index (χ4n) is 6.11. The monoisotopic (exact) mass is 542 g/mol. The number of hydrogen-bond acceptors (Lipinski definition) is 5. The third-order valence-corrected chi connectivity index (χ3v) is 8.94. The van der Waals surface area contributed by atoms with Crippen LogP contribution >= 0.6 is 11.3 Å².